The van der Waals surface area contributed by atoms with Crippen LogP contribution in [0.1, 0.15) is 47.5 Å². The van der Waals surface area contributed by atoms with Crippen LogP contribution in [0, 0.1) is 0 Å². The Labute approximate surface area is 260 Å². The molecule has 9 nitrogen and oxygen atoms in total. The maximum absolute atomic E-state index is 13.5. The second kappa shape index (κ2) is 13.2. The average Bonchev–Trinajstić information content (AvgIpc) is 3.73. The summed E-state index contributed by atoms with van der Waals surface area (Å²) < 4.78 is 17.3. The molecule has 1 atom stereocenters. The van der Waals surface area contributed by atoms with Gasteiger partial charge in [-0.05, 0) is 53.9 Å². The molecule has 42 heavy (non-hydrogen) atoms. The second-order valence-corrected chi connectivity index (χ2v) is 12.2. The minimum atomic E-state index is -1.04. The molecule has 1 aliphatic heterocycles. The number of aliphatic hydroxyl groups excluding tert-OH is 1. The number of unbranched alkanes of at least 4 members (excludes halogenated alkanes) is 1. The molecule has 1 unspecified atom stereocenters. The van der Waals surface area contributed by atoms with Gasteiger partial charge in [-0.1, -0.05) is 71.8 Å². The lowest BCUT2D eigenvalue weighted by Gasteiger charge is -2.24. The van der Waals surface area contributed by atoms with E-state index in [9.17, 15) is 14.7 Å². The number of amides is 1. The number of rotatable bonds is 12. The van der Waals surface area contributed by atoms with Crippen LogP contribution in [0.25, 0.3) is 0 Å². The largest absolute Gasteiger partial charge is 0.503 e. The van der Waals surface area contributed by atoms with Gasteiger partial charge in [0.1, 0.15) is 0 Å². The molecule has 5 rings (SSSR count). The molecule has 1 amide bonds. The molecule has 218 valence electrons. The van der Waals surface area contributed by atoms with Crippen LogP contribution in [-0.4, -0.2) is 40.7 Å². The number of hydrogen-bond acceptors (Lipinski definition) is 10. The molecule has 0 saturated carbocycles. The molecule has 4 aromatic rings. The number of Topliss-reactive ketones (excluding diaryl/α,β-unsaturated/α-hetero) is 1. The monoisotopic (exact) mass is 645 g/mol. The molecular formula is C29H25Cl2N3O6S2. The van der Waals surface area contributed by atoms with Gasteiger partial charge in [0.25, 0.3) is 5.91 Å². The number of hydrogen-bond donors (Lipinski definition) is 1. The highest BCUT2D eigenvalue weighted by atomic mass is 35.5. The topological polar surface area (TPSA) is 115 Å². The summed E-state index contributed by atoms with van der Waals surface area (Å²) in [4.78, 5) is 28.3. The van der Waals surface area contributed by atoms with Crippen molar-refractivity contribution in [2.75, 3.05) is 18.6 Å². The minimum absolute atomic E-state index is 0.0176. The Kier molecular flexibility index (Phi) is 9.42. The number of anilines is 1. The van der Waals surface area contributed by atoms with Crippen molar-refractivity contribution in [2.45, 2.75) is 35.9 Å². The number of carbonyl (C=O) groups is 2. The minimum Gasteiger partial charge on any atom is -0.503 e. The quantitative estimate of drug-likeness (QED) is 0.0716. The van der Waals surface area contributed by atoms with E-state index in [0.29, 0.717) is 43.8 Å². The van der Waals surface area contributed by atoms with Crippen LogP contribution < -0.4 is 14.4 Å². The number of carbonyl (C=O) groups excluding carboxylic acids is 2. The molecule has 0 saturated heterocycles. The summed E-state index contributed by atoms with van der Waals surface area (Å²) in [5, 5.41) is 20.8. The Morgan fingerprint density at radius 3 is 2.71 bits per heavy atom. The van der Waals surface area contributed by atoms with Gasteiger partial charge in [-0.25, -0.2) is 0 Å². The number of thioether (sulfide) groups is 1. The van der Waals surface area contributed by atoms with Crippen molar-refractivity contribution in [3.63, 3.8) is 0 Å². The number of ketones is 1. The van der Waals surface area contributed by atoms with E-state index in [-0.39, 0.29) is 16.5 Å². The molecule has 2 aromatic carbocycles. The summed E-state index contributed by atoms with van der Waals surface area (Å²) in [7, 11) is 1.51. The summed E-state index contributed by atoms with van der Waals surface area (Å²) in [5.41, 5.74) is 1.21. The molecule has 1 aliphatic rings. The van der Waals surface area contributed by atoms with Gasteiger partial charge in [0.2, 0.25) is 10.9 Å². The zero-order chi connectivity index (χ0) is 29.8. The Morgan fingerprint density at radius 1 is 1.17 bits per heavy atom. The zero-order valence-corrected chi connectivity index (χ0v) is 25.6. The Hall–Kier alpha value is -3.51. The summed E-state index contributed by atoms with van der Waals surface area (Å²) in [6, 6.07) is 12.4. The van der Waals surface area contributed by atoms with E-state index in [1.807, 2.05) is 6.07 Å². The number of aliphatic hydroxyl groups is 1. The number of benzene rings is 2. The number of ether oxygens (including phenoxy) is 2. The van der Waals surface area contributed by atoms with Crippen molar-refractivity contribution in [1.82, 2.24) is 10.2 Å². The first kappa shape index (κ1) is 30.0. The van der Waals surface area contributed by atoms with Gasteiger partial charge in [0.15, 0.2) is 27.4 Å². The molecule has 2 aromatic heterocycles. The van der Waals surface area contributed by atoms with Gasteiger partial charge >= 0.3 is 0 Å². The zero-order valence-electron chi connectivity index (χ0n) is 22.5. The van der Waals surface area contributed by atoms with E-state index < -0.39 is 23.5 Å². The smallest absolute Gasteiger partial charge is 0.296 e. The number of halogens is 2. The molecule has 3 heterocycles. The SMILES string of the molecule is CCCCOc1ccc(C2C(C(=O)c3ccco3)=C(O)C(=O)N2c2nnc(SCc3ccc(Cl)cc3Cl)s2)cc1OC. The van der Waals surface area contributed by atoms with Gasteiger partial charge in [0.05, 0.1) is 31.6 Å². The van der Waals surface area contributed by atoms with Crippen molar-refractivity contribution in [3.05, 3.63) is 93.1 Å². The fourth-order valence-electron chi connectivity index (χ4n) is 4.33. The van der Waals surface area contributed by atoms with E-state index >= 15 is 0 Å². The van der Waals surface area contributed by atoms with Crippen LogP contribution in [0.3, 0.4) is 0 Å². The summed E-state index contributed by atoms with van der Waals surface area (Å²) in [6.07, 6.45) is 3.19. The summed E-state index contributed by atoms with van der Waals surface area (Å²) in [5.74, 6) is -0.696. The first-order chi connectivity index (χ1) is 20.3. The Morgan fingerprint density at radius 2 is 2.00 bits per heavy atom. The van der Waals surface area contributed by atoms with Crippen LogP contribution in [-0.2, 0) is 10.5 Å². The van der Waals surface area contributed by atoms with Crippen LogP contribution in [0.4, 0.5) is 5.13 Å². The van der Waals surface area contributed by atoms with Gasteiger partial charge in [-0.3, -0.25) is 14.5 Å². The van der Waals surface area contributed by atoms with Gasteiger partial charge in [-0.2, -0.15) is 0 Å². The second-order valence-electron chi connectivity index (χ2n) is 9.13. The summed E-state index contributed by atoms with van der Waals surface area (Å²) in [6.45, 7) is 2.57. The van der Waals surface area contributed by atoms with Crippen LogP contribution in [0.2, 0.25) is 10.0 Å². The molecule has 0 aliphatic carbocycles. The lowest BCUT2D eigenvalue weighted by molar-refractivity contribution is -0.117. The predicted molar refractivity (Wildman–Crippen MR) is 162 cm³/mol. The first-order valence-electron chi connectivity index (χ1n) is 12.9. The van der Waals surface area contributed by atoms with Crippen molar-refractivity contribution in [3.8, 4) is 11.5 Å². The fourth-order valence-corrected chi connectivity index (χ4v) is 6.75. The molecular weight excluding hydrogens is 621 g/mol. The van der Waals surface area contributed by atoms with E-state index in [2.05, 4.69) is 17.1 Å². The third-order valence-corrected chi connectivity index (χ3v) is 9.12. The molecule has 1 N–H and O–H groups in total. The third-order valence-electron chi connectivity index (χ3n) is 6.42. The van der Waals surface area contributed by atoms with E-state index in [1.165, 1.54) is 36.1 Å². The Balaban J connectivity index is 1.50. The van der Waals surface area contributed by atoms with Gasteiger partial charge in [0, 0.05) is 15.8 Å². The highest BCUT2D eigenvalue weighted by Crippen LogP contribution is 2.45. The third kappa shape index (κ3) is 6.14. The lowest BCUT2D eigenvalue weighted by atomic mass is 9.95. The normalized spacial score (nSPS) is 15.0. The Bertz CT molecular complexity index is 1640. The number of methoxy groups -OCH3 is 1. The first-order valence-corrected chi connectivity index (χ1v) is 15.4. The van der Waals surface area contributed by atoms with E-state index in [0.717, 1.165) is 29.7 Å². The average molecular weight is 647 g/mol. The highest BCUT2D eigenvalue weighted by Gasteiger charge is 2.47. The number of aromatic nitrogens is 2. The van der Waals surface area contributed by atoms with Crippen molar-refractivity contribution in [1.29, 1.82) is 0 Å². The predicted octanol–water partition coefficient (Wildman–Crippen LogP) is 7.70. The van der Waals surface area contributed by atoms with Crippen molar-refractivity contribution < 1.29 is 28.6 Å². The molecule has 0 radical (unpaired) electrons. The van der Waals surface area contributed by atoms with Crippen LogP contribution in [0.15, 0.2) is 74.9 Å². The number of nitrogens with zero attached hydrogens (tertiary/aromatic N) is 3. The van der Waals surface area contributed by atoms with E-state index in [4.69, 9.17) is 37.1 Å². The van der Waals surface area contributed by atoms with E-state index in [1.54, 1.807) is 36.4 Å². The van der Waals surface area contributed by atoms with Crippen LogP contribution >= 0.6 is 46.3 Å². The number of furan rings is 1. The van der Waals surface area contributed by atoms with Gasteiger partial charge in [-0.15, -0.1) is 10.2 Å². The molecule has 0 fully saturated rings. The molecule has 0 spiro atoms. The van der Waals surface area contributed by atoms with Crippen molar-refractivity contribution in [2.24, 2.45) is 0 Å². The maximum Gasteiger partial charge on any atom is 0.296 e. The molecule has 0 bridgehead atoms. The standard InChI is InChI=1S/C29H25Cl2N3O6S2/c1-3-4-11-39-20-10-8-16(13-22(20)38-2)24-23(25(35)21-6-5-12-40-21)26(36)27(37)34(24)28-32-33-29(42-28)41-15-17-7-9-18(30)14-19(17)31/h5-10,12-14,24,36H,3-4,11,15H2,1-2H3. The lowest BCUT2D eigenvalue weighted by Crippen LogP contribution is -2.31. The van der Waals surface area contributed by atoms with Crippen molar-refractivity contribution >= 4 is 63.1 Å². The van der Waals surface area contributed by atoms with Gasteiger partial charge < -0.3 is 19.0 Å². The fraction of sp³-hybridized carbons (Fsp3) is 0.241. The molecule has 13 heteroatoms. The van der Waals surface area contributed by atoms with Crippen LogP contribution in [0.5, 0.6) is 11.5 Å². The maximum atomic E-state index is 13.5. The highest BCUT2D eigenvalue weighted by molar-refractivity contribution is 8.00. The summed E-state index contributed by atoms with van der Waals surface area (Å²) >= 11 is 14.8.